The first-order valence-corrected chi connectivity index (χ1v) is 10.3. The molecule has 2 aromatic heterocycles. The van der Waals surface area contributed by atoms with E-state index >= 15 is 0 Å². The first-order valence-electron chi connectivity index (χ1n) is 9.43. The van der Waals surface area contributed by atoms with Crippen molar-refractivity contribution in [2.75, 3.05) is 6.79 Å². The molecule has 7 heteroatoms. The molecule has 150 valence electrons. The van der Waals surface area contributed by atoms with Gasteiger partial charge in [-0.25, -0.2) is 0 Å². The highest BCUT2D eigenvalue weighted by molar-refractivity contribution is 7.09. The molecule has 0 fully saturated rings. The average molecular weight is 410 g/mol. The Hall–Kier alpha value is -3.06. The van der Waals surface area contributed by atoms with Crippen LogP contribution in [0.15, 0.2) is 52.8 Å². The van der Waals surface area contributed by atoms with Crippen molar-refractivity contribution in [1.29, 1.82) is 0 Å². The van der Waals surface area contributed by atoms with E-state index in [0.717, 1.165) is 12.0 Å². The SMILES string of the molecule is Cc1ccn(Cc2ccc3c(c2)OCO3)c(=O)c1C(=O)NC(C)Cc1cccs1. The summed E-state index contributed by atoms with van der Waals surface area (Å²) in [4.78, 5) is 27.0. The zero-order valence-electron chi connectivity index (χ0n) is 16.3. The molecule has 0 aliphatic carbocycles. The third kappa shape index (κ3) is 4.19. The van der Waals surface area contributed by atoms with Gasteiger partial charge in [-0.15, -0.1) is 11.3 Å². The maximum atomic E-state index is 13.0. The average Bonchev–Trinajstić information content (AvgIpc) is 3.35. The number of pyridine rings is 1. The number of fused-ring (bicyclic) bond motifs is 1. The first kappa shape index (κ1) is 19.3. The van der Waals surface area contributed by atoms with Crippen molar-refractivity contribution >= 4 is 17.2 Å². The summed E-state index contributed by atoms with van der Waals surface area (Å²) >= 11 is 1.66. The van der Waals surface area contributed by atoms with Crippen LogP contribution in [0.25, 0.3) is 0 Å². The minimum absolute atomic E-state index is 0.0672. The number of amides is 1. The molecule has 29 heavy (non-hydrogen) atoms. The smallest absolute Gasteiger partial charge is 0.263 e. The molecule has 1 aliphatic rings. The highest BCUT2D eigenvalue weighted by Crippen LogP contribution is 2.32. The lowest BCUT2D eigenvalue weighted by atomic mass is 10.1. The fourth-order valence-electron chi connectivity index (χ4n) is 3.38. The predicted molar refractivity (Wildman–Crippen MR) is 112 cm³/mol. The number of rotatable bonds is 6. The fraction of sp³-hybridized carbons (Fsp3) is 0.273. The van der Waals surface area contributed by atoms with Crippen LogP contribution in [-0.2, 0) is 13.0 Å². The van der Waals surface area contributed by atoms with E-state index in [9.17, 15) is 9.59 Å². The maximum Gasteiger partial charge on any atom is 0.263 e. The molecule has 1 atom stereocenters. The molecular formula is C22H22N2O4S. The Bertz CT molecular complexity index is 1090. The summed E-state index contributed by atoms with van der Waals surface area (Å²) in [6, 6.07) is 11.3. The number of aryl methyl sites for hydroxylation is 1. The molecule has 1 aromatic carbocycles. The molecule has 0 radical (unpaired) electrons. The van der Waals surface area contributed by atoms with Crippen LogP contribution in [0, 0.1) is 6.92 Å². The molecular weight excluding hydrogens is 388 g/mol. The van der Waals surface area contributed by atoms with E-state index < -0.39 is 0 Å². The summed E-state index contributed by atoms with van der Waals surface area (Å²) in [6.07, 6.45) is 2.45. The third-order valence-corrected chi connectivity index (χ3v) is 5.75. The van der Waals surface area contributed by atoms with Crippen molar-refractivity contribution in [2.45, 2.75) is 32.9 Å². The number of nitrogens with one attached hydrogen (secondary N) is 1. The van der Waals surface area contributed by atoms with Crippen LogP contribution < -0.4 is 20.3 Å². The van der Waals surface area contributed by atoms with Crippen LogP contribution in [0.4, 0.5) is 0 Å². The van der Waals surface area contributed by atoms with Crippen molar-refractivity contribution in [3.8, 4) is 11.5 Å². The van der Waals surface area contributed by atoms with Crippen molar-refractivity contribution < 1.29 is 14.3 Å². The highest BCUT2D eigenvalue weighted by Gasteiger charge is 2.19. The Morgan fingerprint density at radius 3 is 2.86 bits per heavy atom. The predicted octanol–water partition coefficient (Wildman–Crippen LogP) is 3.36. The molecule has 0 spiro atoms. The number of thiophene rings is 1. The lowest BCUT2D eigenvalue weighted by Gasteiger charge is -2.15. The minimum atomic E-state index is -0.336. The van der Waals surface area contributed by atoms with Gasteiger partial charge in [-0.3, -0.25) is 9.59 Å². The second kappa shape index (κ2) is 8.13. The van der Waals surface area contributed by atoms with Crippen LogP contribution in [0.5, 0.6) is 11.5 Å². The molecule has 3 aromatic rings. The number of benzene rings is 1. The second-order valence-corrected chi connectivity index (χ2v) is 8.18. The Labute approximate surface area is 172 Å². The van der Waals surface area contributed by atoms with Gasteiger partial charge in [-0.05, 0) is 54.6 Å². The van der Waals surface area contributed by atoms with Crippen molar-refractivity contribution in [3.05, 3.63) is 79.9 Å². The highest BCUT2D eigenvalue weighted by atomic mass is 32.1. The van der Waals surface area contributed by atoms with Crippen LogP contribution in [0.1, 0.15) is 33.3 Å². The van der Waals surface area contributed by atoms with E-state index in [1.807, 2.05) is 42.6 Å². The van der Waals surface area contributed by atoms with E-state index in [1.54, 1.807) is 35.1 Å². The first-order chi connectivity index (χ1) is 14.0. The number of carbonyl (C=O) groups is 1. The van der Waals surface area contributed by atoms with Crippen LogP contribution in [0.2, 0.25) is 0 Å². The molecule has 4 rings (SSSR count). The van der Waals surface area contributed by atoms with Gasteiger partial charge in [0.25, 0.3) is 11.5 Å². The Morgan fingerprint density at radius 2 is 2.07 bits per heavy atom. The lowest BCUT2D eigenvalue weighted by molar-refractivity contribution is 0.0937. The lowest BCUT2D eigenvalue weighted by Crippen LogP contribution is -2.39. The van der Waals surface area contributed by atoms with Gasteiger partial charge in [0.15, 0.2) is 11.5 Å². The largest absolute Gasteiger partial charge is 0.454 e. The summed E-state index contributed by atoms with van der Waals surface area (Å²) < 4.78 is 12.3. The monoisotopic (exact) mass is 410 g/mol. The Balaban J connectivity index is 1.53. The van der Waals surface area contributed by atoms with E-state index in [4.69, 9.17) is 9.47 Å². The summed E-state index contributed by atoms with van der Waals surface area (Å²) in [5.41, 5.74) is 1.45. The van der Waals surface area contributed by atoms with Crippen molar-refractivity contribution in [3.63, 3.8) is 0 Å². The van der Waals surface area contributed by atoms with Crippen molar-refractivity contribution in [1.82, 2.24) is 9.88 Å². The fourth-order valence-corrected chi connectivity index (χ4v) is 4.21. The van der Waals surface area contributed by atoms with Gasteiger partial charge in [0.2, 0.25) is 6.79 Å². The molecule has 1 N–H and O–H groups in total. The Kier molecular flexibility index (Phi) is 5.40. The summed E-state index contributed by atoms with van der Waals surface area (Å²) in [7, 11) is 0. The molecule has 6 nitrogen and oxygen atoms in total. The summed E-state index contributed by atoms with van der Waals surface area (Å²) in [5.74, 6) is 1.03. The molecule has 0 saturated carbocycles. The van der Waals surface area contributed by atoms with Gasteiger partial charge in [-0.2, -0.15) is 0 Å². The number of aromatic nitrogens is 1. The molecule has 0 saturated heterocycles. The Morgan fingerprint density at radius 1 is 1.24 bits per heavy atom. The third-order valence-electron chi connectivity index (χ3n) is 4.86. The number of ether oxygens (including phenoxy) is 2. The van der Waals surface area contributed by atoms with Gasteiger partial charge < -0.3 is 19.4 Å². The molecule has 1 amide bonds. The zero-order valence-corrected chi connectivity index (χ0v) is 17.1. The maximum absolute atomic E-state index is 13.0. The molecule has 1 aliphatic heterocycles. The normalized spacial score (nSPS) is 13.3. The van der Waals surface area contributed by atoms with Gasteiger partial charge in [0, 0.05) is 23.5 Å². The van der Waals surface area contributed by atoms with E-state index in [2.05, 4.69) is 5.32 Å². The number of hydrogen-bond donors (Lipinski definition) is 1. The van der Waals surface area contributed by atoms with Crippen molar-refractivity contribution in [2.24, 2.45) is 0 Å². The minimum Gasteiger partial charge on any atom is -0.454 e. The molecule has 1 unspecified atom stereocenters. The zero-order chi connectivity index (χ0) is 20.4. The topological polar surface area (TPSA) is 69.6 Å². The van der Waals surface area contributed by atoms with E-state index in [-0.39, 0.29) is 29.9 Å². The van der Waals surface area contributed by atoms with Gasteiger partial charge in [0.1, 0.15) is 5.56 Å². The van der Waals surface area contributed by atoms with E-state index in [0.29, 0.717) is 23.6 Å². The summed E-state index contributed by atoms with van der Waals surface area (Å²) in [6.45, 7) is 4.28. The standard InChI is InChI=1S/C22H22N2O4S/c1-14-7-8-24(12-16-5-6-18-19(11-16)28-13-27-18)22(26)20(14)21(25)23-15(2)10-17-4-3-9-29-17/h3-9,11,15H,10,12-13H2,1-2H3,(H,23,25). The molecule has 3 heterocycles. The quantitative estimate of drug-likeness (QED) is 0.677. The number of hydrogen-bond acceptors (Lipinski definition) is 5. The number of nitrogens with zero attached hydrogens (tertiary/aromatic N) is 1. The van der Waals surface area contributed by atoms with Gasteiger partial charge >= 0.3 is 0 Å². The molecule has 0 bridgehead atoms. The second-order valence-electron chi connectivity index (χ2n) is 7.15. The van der Waals surface area contributed by atoms with E-state index in [1.165, 1.54) is 4.88 Å². The van der Waals surface area contributed by atoms with Gasteiger partial charge in [0.05, 0.1) is 6.54 Å². The van der Waals surface area contributed by atoms with Gasteiger partial charge in [-0.1, -0.05) is 12.1 Å². The number of carbonyl (C=O) groups excluding carboxylic acids is 1. The van der Waals surface area contributed by atoms with Crippen LogP contribution in [-0.4, -0.2) is 23.3 Å². The summed E-state index contributed by atoms with van der Waals surface area (Å²) in [5, 5.41) is 4.97. The van der Waals surface area contributed by atoms with Crippen LogP contribution >= 0.6 is 11.3 Å². The van der Waals surface area contributed by atoms with Crippen LogP contribution in [0.3, 0.4) is 0 Å².